The maximum Gasteiger partial charge on any atom is 0.265 e. The Labute approximate surface area is 185 Å². The van der Waals surface area contributed by atoms with Crippen molar-refractivity contribution in [2.75, 3.05) is 16.8 Å². The number of hydrogen-bond donors (Lipinski definition) is 1. The maximum absolute atomic E-state index is 13.1. The minimum absolute atomic E-state index is 0.0950. The monoisotopic (exact) mass is 435 g/mol. The van der Waals surface area contributed by atoms with Crippen LogP contribution in [0.4, 0.5) is 11.4 Å². The molecule has 2 amide bonds. The Morgan fingerprint density at radius 1 is 1.16 bits per heavy atom. The van der Waals surface area contributed by atoms with Crippen LogP contribution >= 0.6 is 11.3 Å². The molecule has 2 aromatic carbocycles. The summed E-state index contributed by atoms with van der Waals surface area (Å²) in [6, 6.07) is 10.9. The fourth-order valence-electron chi connectivity index (χ4n) is 3.76. The van der Waals surface area contributed by atoms with Crippen LogP contribution in [0.15, 0.2) is 36.4 Å². The molecule has 1 N–H and O–H groups in total. The first-order valence-electron chi connectivity index (χ1n) is 10.2. The number of carbonyl (C=O) groups is 2. The van der Waals surface area contributed by atoms with Crippen molar-refractivity contribution in [1.82, 2.24) is 4.98 Å². The van der Waals surface area contributed by atoms with E-state index in [1.54, 1.807) is 18.3 Å². The van der Waals surface area contributed by atoms with Gasteiger partial charge in [0.05, 0.1) is 16.4 Å². The van der Waals surface area contributed by atoms with Crippen LogP contribution in [0.1, 0.15) is 27.9 Å². The van der Waals surface area contributed by atoms with Crippen LogP contribution in [0.2, 0.25) is 0 Å². The first-order chi connectivity index (χ1) is 14.7. The molecule has 0 spiro atoms. The maximum atomic E-state index is 13.1. The van der Waals surface area contributed by atoms with Gasteiger partial charge in [0.2, 0.25) is 5.91 Å². The lowest BCUT2D eigenvalue weighted by molar-refractivity contribution is -0.125. The average molecular weight is 436 g/mol. The molecule has 31 heavy (non-hydrogen) atoms. The first-order valence-corrected chi connectivity index (χ1v) is 11.0. The van der Waals surface area contributed by atoms with E-state index in [0.29, 0.717) is 11.4 Å². The van der Waals surface area contributed by atoms with Gasteiger partial charge in [0.25, 0.3) is 5.91 Å². The van der Waals surface area contributed by atoms with Crippen molar-refractivity contribution >= 4 is 34.5 Å². The molecule has 0 saturated carbocycles. The number of amides is 2. The minimum atomic E-state index is -0.705. The summed E-state index contributed by atoms with van der Waals surface area (Å²) >= 11 is 1.63. The van der Waals surface area contributed by atoms with Gasteiger partial charge < -0.3 is 10.1 Å². The first kappa shape index (κ1) is 21.1. The predicted octanol–water partition coefficient (Wildman–Crippen LogP) is 4.80. The highest BCUT2D eigenvalue weighted by molar-refractivity contribution is 7.11. The van der Waals surface area contributed by atoms with Crippen LogP contribution in [0, 0.1) is 27.7 Å². The Bertz CT molecular complexity index is 1180. The lowest BCUT2D eigenvalue weighted by atomic mass is 10.1. The van der Waals surface area contributed by atoms with Crippen molar-refractivity contribution in [3.05, 3.63) is 57.4 Å². The lowest BCUT2D eigenvalue weighted by Crippen LogP contribution is -2.49. The van der Waals surface area contributed by atoms with E-state index in [4.69, 9.17) is 4.74 Å². The fraction of sp³-hybridized carbons (Fsp3) is 0.292. The molecule has 0 radical (unpaired) electrons. The third kappa shape index (κ3) is 4.05. The summed E-state index contributed by atoms with van der Waals surface area (Å²) in [5.74, 6) is 0.0831. The molecular formula is C24H25N3O3S. The minimum Gasteiger partial charge on any atom is -0.482 e. The number of aromatic nitrogens is 1. The molecule has 1 atom stereocenters. The number of anilines is 2. The molecule has 0 bridgehead atoms. The SMILES string of the molecule is Cc1ccc(C)c(NC(=O)C(C)N2C(=O)COc3ccc(-c4nc(C)sc4C)cc32)c1. The van der Waals surface area contributed by atoms with Crippen LogP contribution < -0.4 is 15.0 Å². The molecule has 4 rings (SSSR count). The summed E-state index contributed by atoms with van der Waals surface area (Å²) in [5, 5.41) is 3.96. The Hall–Kier alpha value is -3.19. The highest BCUT2D eigenvalue weighted by atomic mass is 32.1. The number of carbonyl (C=O) groups excluding carboxylic acids is 2. The number of rotatable bonds is 4. The van der Waals surface area contributed by atoms with Crippen molar-refractivity contribution in [2.45, 2.75) is 40.7 Å². The molecule has 0 aliphatic carbocycles. The smallest absolute Gasteiger partial charge is 0.265 e. The molecule has 1 aromatic heterocycles. The standard InChI is InChI=1S/C24H25N3O3S/c1-13-6-7-14(2)19(10-13)26-24(29)15(3)27-20-11-18(23-16(4)31-17(5)25-23)8-9-21(20)30-12-22(27)28/h6-11,15H,12H2,1-5H3,(H,26,29). The highest BCUT2D eigenvalue weighted by Gasteiger charge is 2.33. The summed E-state index contributed by atoms with van der Waals surface area (Å²) in [6.45, 7) is 9.56. The van der Waals surface area contributed by atoms with Crippen LogP contribution in [0.5, 0.6) is 5.75 Å². The number of benzene rings is 2. The molecule has 1 unspecified atom stereocenters. The van der Waals surface area contributed by atoms with Gasteiger partial charge in [0.15, 0.2) is 6.61 Å². The van der Waals surface area contributed by atoms with Crippen molar-refractivity contribution in [2.24, 2.45) is 0 Å². The summed E-state index contributed by atoms with van der Waals surface area (Å²) in [4.78, 5) is 33.1. The summed E-state index contributed by atoms with van der Waals surface area (Å²) in [5.41, 5.74) is 5.14. The van der Waals surface area contributed by atoms with Gasteiger partial charge in [0, 0.05) is 16.1 Å². The van der Waals surface area contributed by atoms with Crippen molar-refractivity contribution in [3.8, 4) is 17.0 Å². The topological polar surface area (TPSA) is 71.5 Å². The average Bonchev–Trinajstić information content (AvgIpc) is 3.07. The van der Waals surface area contributed by atoms with E-state index in [9.17, 15) is 9.59 Å². The predicted molar refractivity (Wildman–Crippen MR) is 124 cm³/mol. The van der Waals surface area contributed by atoms with Gasteiger partial charge in [-0.3, -0.25) is 14.5 Å². The number of ether oxygens (including phenoxy) is 1. The quantitative estimate of drug-likeness (QED) is 0.639. The second-order valence-corrected chi connectivity index (χ2v) is 9.26. The number of fused-ring (bicyclic) bond motifs is 1. The number of thiazole rings is 1. The van der Waals surface area contributed by atoms with E-state index in [0.717, 1.165) is 38.0 Å². The van der Waals surface area contributed by atoms with E-state index in [1.165, 1.54) is 4.90 Å². The van der Waals surface area contributed by atoms with E-state index in [-0.39, 0.29) is 18.4 Å². The van der Waals surface area contributed by atoms with E-state index < -0.39 is 6.04 Å². The van der Waals surface area contributed by atoms with Gasteiger partial charge in [-0.2, -0.15) is 0 Å². The zero-order valence-corrected chi connectivity index (χ0v) is 19.1. The third-order valence-electron chi connectivity index (χ3n) is 5.43. The fourth-order valence-corrected chi connectivity index (χ4v) is 4.60. The second kappa shape index (κ2) is 8.15. The number of aryl methyl sites for hydroxylation is 4. The zero-order valence-electron chi connectivity index (χ0n) is 18.3. The Kier molecular flexibility index (Phi) is 5.54. The van der Waals surface area contributed by atoms with Gasteiger partial charge >= 0.3 is 0 Å². The molecule has 160 valence electrons. The van der Waals surface area contributed by atoms with Crippen LogP contribution in [-0.2, 0) is 9.59 Å². The van der Waals surface area contributed by atoms with E-state index in [2.05, 4.69) is 10.3 Å². The van der Waals surface area contributed by atoms with Crippen LogP contribution in [-0.4, -0.2) is 29.4 Å². The molecule has 0 saturated heterocycles. The van der Waals surface area contributed by atoms with Gasteiger partial charge in [-0.05, 0) is 70.0 Å². The molecule has 3 aromatic rings. The van der Waals surface area contributed by atoms with Gasteiger partial charge in [-0.25, -0.2) is 4.98 Å². The van der Waals surface area contributed by atoms with Crippen molar-refractivity contribution in [1.29, 1.82) is 0 Å². The van der Waals surface area contributed by atoms with E-state index in [1.807, 2.05) is 64.1 Å². The molecule has 0 fully saturated rings. The summed E-state index contributed by atoms with van der Waals surface area (Å²) in [6.07, 6.45) is 0. The normalized spacial score (nSPS) is 14.1. The third-order valence-corrected chi connectivity index (χ3v) is 6.32. The largest absolute Gasteiger partial charge is 0.482 e. The van der Waals surface area contributed by atoms with Crippen LogP contribution in [0.3, 0.4) is 0 Å². The Morgan fingerprint density at radius 2 is 1.94 bits per heavy atom. The Balaban J connectivity index is 1.68. The van der Waals surface area contributed by atoms with E-state index >= 15 is 0 Å². The highest BCUT2D eigenvalue weighted by Crippen LogP contribution is 2.38. The zero-order chi connectivity index (χ0) is 22.3. The van der Waals surface area contributed by atoms with Crippen LogP contribution in [0.25, 0.3) is 11.3 Å². The van der Waals surface area contributed by atoms with Gasteiger partial charge in [-0.1, -0.05) is 12.1 Å². The summed E-state index contributed by atoms with van der Waals surface area (Å²) < 4.78 is 5.63. The van der Waals surface area contributed by atoms with Gasteiger partial charge in [0.1, 0.15) is 11.8 Å². The number of nitrogens with one attached hydrogen (secondary N) is 1. The summed E-state index contributed by atoms with van der Waals surface area (Å²) in [7, 11) is 0. The molecular weight excluding hydrogens is 410 g/mol. The Morgan fingerprint density at radius 3 is 2.65 bits per heavy atom. The molecule has 1 aliphatic heterocycles. The number of nitrogens with zero attached hydrogens (tertiary/aromatic N) is 2. The molecule has 1 aliphatic rings. The molecule has 2 heterocycles. The van der Waals surface area contributed by atoms with Gasteiger partial charge in [-0.15, -0.1) is 11.3 Å². The molecule has 7 heteroatoms. The second-order valence-electron chi connectivity index (χ2n) is 7.86. The molecule has 6 nitrogen and oxygen atoms in total. The van der Waals surface area contributed by atoms with Crippen molar-refractivity contribution in [3.63, 3.8) is 0 Å². The van der Waals surface area contributed by atoms with Crippen molar-refractivity contribution < 1.29 is 14.3 Å². The number of hydrogen-bond acceptors (Lipinski definition) is 5. The lowest BCUT2D eigenvalue weighted by Gasteiger charge is -2.33.